The van der Waals surface area contributed by atoms with Gasteiger partial charge in [-0.1, -0.05) is 24.3 Å². The molecule has 2 N–H and O–H groups in total. The van der Waals surface area contributed by atoms with E-state index < -0.39 is 6.04 Å². The third-order valence-corrected chi connectivity index (χ3v) is 7.17. The zero-order valence-corrected chi connectivity index (χ0v) is 19.9. The van der Waals surface area contributed by atoms with E-state index in [1.54, 1.807) is 34.9 Å². The first-order valence-corrected chi connectivity index (χ1v) is 12.2. The molecule has 0 aliphatic carbocycles. The highest BCUT2D eigenvalue weighted by Crippen LogP contribution is 2.45. The summed E-state index contributed by atoms with van der Waals surface area (Å²) < 4.78 is 13.5. The predicted molar refractivity (Wildman–Crippen MR) is 132 cm³/mol. The first-order chi connectivity index (χ1) is 16.4. The fraction of sp³-hybridized carbons (Fsp3) is 0.185. The number of thioether (sulfide) groups is 1. The lowest BCUT2D eigenvalue weighted by Gasteiger charge is -2.27. The highest BCUT2D eigenvalue weighted by atomic mass is 32.2. The summed E-state index contributed by atoms with van der Waals surface area (Å²) >= 11 is 1.65. The van der Waals surface area contributed by atoms with Gasteiger partial charge in [-0.05, 0) is 78.8 Å². The second kappa shape index (κ2) is 8.65. The topological polar surface area (TPSA) is 69.2 Å². The SMILES string of the molecule is CSc1ccc(C2c3c(-c4cc(C)c(C)cc4O)n[nH]c3C(=O)N2Cc2ccc(F)cc2)cc1. The molecule has 4 aromatic rings. The third-order valence-electron chi connectivity index (χ3n) is 6.43. The Labute approximate surface area is 201 Å². The van der Waals surface area contributed by atoms with Crippen LogP contribution in [0.15, 0.2) is 65.6 Å². The number of hydrogen-bond donors (Lipinski definition) is 2. The molecule has 2 heterocycles. The molecule has 0 bridgehead atoms. The highest BCUT2D eigenvalue weighted by molar-refractivity contribution is 7.98. The summed E-state index contributed by atoms with van der Waals surface area (Å²) in [5.74, 6) is -0.374. The minimum Gasteiger partial charge on any atom is -0.507 e. The van der Waals surface area contributed by atoms with Crippen molar-refractivity contribution in [3.63, 3.8) is 0 Å². The summed E-state index contributed by atoms with van der Waals surface area (Å²) in [6, 6.07) is 17.5. The van der Waals surface area contributed by atoms with Crippen molar-refractivity contribution in [1.29, 1.82) is 0 Å². The highest BCUT2D eigenvalue weighted by Gasteiger charge is 2.42. The van der Waals surface area contributed by atoms with E-state index in [-0.39, 0.29) is 17.5 Å². The van der Waals surface area contributed by atoms with Crippen molar-refractivity contribution in [2.45, 2.75) is 31.3 Å². The molecule has 0 radical (unpaired) electrons. The second-order valence-electron chi connectivity index (χ2n) is 8.55. The number of carbonyl (C=O) groups is 1. The Balaban J connectivity index is 1.66. The zero-order chi connectivity index (χ0) is 24.0. The molecule has 0 saturated carbocycles. The van der Waals surface area contributed by atoms with Crippen LogP contribution < -0.4 is 0 Å². The number of phenolic OH excluding ortho intramolecular Hbond substituents is 1. The van der Waals surface area contributed by atoms with Crippen LogP contribution in [-0.2, 0) is 6.54 Å². The third kappa shape index (κ3) is 3.76. The second-order valence-corrected chi connectivity index (χ2v) is 9.43. The maximum atomic E-state index is 13.5. The van der Waals surface area contributed by atoms with Crippen LogP contribution in [-0.4, -0.2) is 32.4 Å². The molecule has 1 amide bonds. The molecular weight excluding hydrogens is 449 g/mol. The van der Waals surface area contributed by atoms with Crippen LogP contribution in [0.4, 0.5) is 4.39 Å². The van der Waals surface area contributed by atoms with Crippen LogP contribution in [0.25, 0.3) is 11.3 Å². The number of nitrogens with one attached hydrogen (secondary N) is 1. The number of aryl methyl sites for hydroxylation is 2. The van der Waals surface area contributed by atoms with Gasteiger partial charge in [0.05, 0.1) is 6.04 Å². The van der Waals surface area contributed by atoms with Crippen molar-refractivity contribution in [2.75, 3.05) is 6.26 Å². The summed E-state index contributed by atoms with van der Waals surface area (Å²) in [6.07, 6.45) is 2.02. The summed E-state index contributed by atoms with van der Waals surface area (Å²) in [5.41, 5.74) is 6.07. The van der Waals surface area contributed by atoms with Crippen LogP contribution >= 0.6 is 11.8 Å². The van der Waals surface area contributed by atoms with Gasteiger partial charge in [0.25, 0.3) is 5.91 Å². The van der Waals surface area contributed by atoms with E-state index >= 15 is 0 Å². The van der Waals surface area contributed by atoms with Gasteiger partial charge in [-0.3, -0.25) is 9.89 Å². The number of hydrogen-bond acceptors (Lipinski definition) is 4. The van der Waals surface area contributed by atoms with E-state index in [0.717, 1.165) is 32.7 Å². The monoisotopic (exact) mass is 473 g/mol. The molecule has 1 aliphatic heterocycles. The first-order valence-electron chi connectivity index (χ1n) is 11.0. The molecule has 3 aromatic carbocycles. The molecule has 1 atom stereocenters. The molecule has 1 unspecified atom stereocenters. The van der Waals surface area contributed by atoms with Gasteiger partial charge in [0.1, 0.15) is 23.0 Å². The van der Waals surface area contributed by atoms with Gasteiger partial charge in [0.2, 0.25) is 0 Å². The number of halogens is 1. The van der Waals surface area contributed by atoms with Crippen LogP contribution in [0.1, 0.15) is 44.3 Å². The molecule has 0 fully saturated rings. The lowest BCUT2D eigenvalue weighted by atomic mass is 9.94. The number of carbonyl (C=O) groups excluding carboxylic acids is 1. The maximum Gasteiger partial charge on any atom is 0.273 e. The Bertz CT molecular complexity index is 1380. The van der Waals surface area contributed by atoms with Gasteiger partial charge in [-0.15, -0.1) is 11.8 Å². The van der Waals surface area contributed by atoms with E-state index in [1.165, 1.54) is 12.1 Å². The summed E-state index contributed by atoms with van der Waals surface area (Å²) in [7, 11) is 0. The molecular formula is C27H24FN3O2S. The molecule has 0 spiro atoms. The lowest BCUT2D eigenvalue weighted by Crippen LogP contribution is -2.29. The van der Waals surface area contributed by atoms with Crippen molar-refractivity contribution < 1.29 is 14.3 Å². The van der Waals surface area contributed by atoms with E-state index in [9.17, 15) is 14.3 Å². The van der Waals surface area contributed by atoms with Gasteiger partial charge in [-0.2, -0.15) is 5.10 Å². The van der Waals surface area contributed by atoms with E-state index in [2.05, 4.69) is 10.2 Å². The molecule has 5 nitrogen and oxygen atoms in total. The molecule has 172 valence electrons. The van der Waals surface area contributed by atoms with Crippen LogP contribution in [0.5, 0.6) is 5.75 Å². The number of aromatic hydroxyl groups is 1. The molecule has 34 heavy (non-hydrogen) atoms. The summed E-state index contributed by atoms with van der Waals surface area (Å²) in [6.45, 7) is 4.24. The van der Waals surface area contributed by atoms with Crippen molar-refractivity contribution in [1.82, 2.24) is 15.1 Å². The number of H-pyrrole nitrogens is 1. The van der Waals surface area contributed by atoms with Crippen LogP contribution in [0, 0.1) is 19.7 Å². The lowest BCUT2D eigenvalue weighted by molar-refractivity contribution is 0.0730. The fourth-order valence-electron chi connectivity index (χ4n) is 4.47. The smallest absolute Gasteiger partial charge is 0.273 e. The Morgan fingerprint density at radius 1 is 1.06 bits per heavy atom. The number of benzene rings is 3. The average Bonchev–Trinajstić information content (AvgIpc) is 3.37. The standard InChI is InChI=1S/C27H24FN3O2S/c1-15-12-21(22(32)13-16(15)2)24-23-25(30-29-24)27(33)31(14-17-4-8-19(28)9-5-17)26(23)18-6-10-20(34-3)11-7-18/h4-13,26,32H,14H2,1-3H3,(H,29,30). The number of aromatic amines is 1. The van der Waals surface area contributed by atoms with E-state index in [4.69, 9.17) is 0 Å². The molecule has 1 aromatic heterocycles. The van der Waals surface area contributed by atoms with Crippen LogP contribution in [0.3, 0.4) is 0 Å². The number of rotatable bonds is 5. The number of phenols is 1. The van der Waals surface area contributed by atoms with Gasteiger partial charge >= 0.3 is 0 Å². The molecule has 5 rings (SSSR count). The number of amides is 1. The van der Waals surface area contributed by atoms with Gasteiger partial charge in [0.15, 0.2) is 0 Å². The van der Waals surface area contributed by atoms with E-state index in [1.807, 2.05) is 50.4 Å². The summed E-state index contributed by atoms with van der Waals surface area (Å²) in [5, 5.41) is 18.1. The van der Waals surface area contributed by atoms with Crippen LogP contribution in [0.2, 0.25) is 0 Å². The minimum absolute atomic E-state index is 0.123. The van der Waals surface area contributed by atoms with Crippen molar-refractivity contribution >= 4 is 17.7 Å². The van der Waals surface area contributed by atoms with E-state index in [0.29, 0.717) is 23.5 Å². The van der Waals surface area contributed by atoms with Gasteiger partial charge in [0, 0.05) is 22.6 Å². The normalized spacial score (nSPS) is 15.1. The Hall–Kier alpha value is -3.58. The zero-order valence-electron chi connectivity index (χ0n) is 19.1. The maximum absolute atomic E-state index is 13.5. The fourth-order valence-corrected chi connectivity index (χ4v) is 4.88. The molecule has 7 heteroatoms. The Kier molecular flexibility index (Phi) is 5.65. The Morgan fingerprint density at radius 2 is 1.74 bits per heavy atom. The predicted octanol–water partition coefficient (Wildman–Crippen LogP) is 6.01. The quantitative estimate of drug-likeness (QED) is 0.349. The van der Waals surface area contributed by atoms with Crippen molar-refractivity contribution in [2.24, 2.45) is 0 Å². The van der Waals surface area contributed by atoms with Gasteiger partial charge in [-0.25, -0.2) is 4.39 Å². The Morgan fingerprint density at radius 3 is 2.41 bits per heavy atom. The average molecular weight is 474 g/mol. The number of fused-ring (bicyclic) bond motifs is 1. The largest absolute Gasteiger partial charge is 0.507 e. The number of nitrogens with zero attached hydrogens (tertiary/aromatic N) is 2. The van der Waals surface area contributed by atoms with Crippen molar-refractivity contribution in [3.05, 3.63) is 100.0 Å². The minimum atomic E-state index is -0.404. The number of aromatic nitrogens is 2. The van der Waals surface area contributed by atoms with Gasteiger partial charge < -0.3 is 10.0 Å². The van der Waals surface area contributed by atoms with Crippen molar-refractivity contribution in [3.8, 4) is 17.0 Å². The molecule has 0 saturated heterocycles. The molecule has 1 aliphatic rings. The first kappa shape index (κ1) is 22.2. The summed E-state index contributed by atoms with van der Waals surface area (Å²) in [4.78, 5) is 16.4.